The number of hydrogen-bond donors (Lipinski definition) is 2. The van der Waals surface area contributed by atoms with Crippen LogP contribution in [-0.4, -0.2) is 19.6 Å². The van der Waals surface area contributed by atoms with E-state index in [1.807, 2.05) is 18.2 Å². The monoisotopic (exact) mass is 256 g/mol. The van der Waals surface area contributed by atoms with Crippen molar-refractivity contribution in [3.8, 4) is 0 Å². The van der Waals surface area contributed by atoms with Crippen molar-refractivity contribution in [1.82, 2.24) is 5.32 Å². The van der Waals surface area contributed by atoms with E-state index in [1.54, 1.807) is 0 Å². The highest BCUT2D eigenvalue weighted by Crippen LogP contribution is 2.20. The molecule has 0 amide bonds. The number of benzene rings is 1. The van der Waals surface area contributed by atoms with Gasteiger partial charge in [-0.25, -0.2) is 0 Å². The van der Waals surface area contributed by atoms with Crippen LogP contribution in [0.2, 0.25) is 0 Å². The molecule has 1 aromatic rings. The lowest BCUT2D eigenvalue weighted by atomic mass is 10.3. The quantitative estimate of drug-likeness (QED) is 0.766. The van der Waals surface area contributed by atoms with Gasteiger partial charge in [0.2, 0.25) is 0 Å². The van der Waals surface area contributed by atoms with Gasteiger partial charge in [-0.15, -0.1) is 0 Å². The Labute approximate surface area is 94.2 Å². The molecule has 0 spiro atoms. The maximum Gasteiger partial charge on any atom is 0.0485 e. The van der Waals surface area contributed by atoms with Gasteiger partial charge in [0.1, 0.15) is 0 Å². The lowest BCUT2D eigenvalue weighted by Crippen LogP contribution is -2.22. The minimum atomic E-state index is 0.961. The van der Waals surface area contributed by atoms with Crippen molar-refractivity contribution >= 4 is 21.6 Å². The Balaban J connectivity index is 2.21. The molecule has 0 heterocycles. The van der Waals surface area contributed by atoms with Crippen molar-refractivity contribution in [2.45, 2.75) is 13.3 Å². The zero-order valence-electron chi connectivity index (χ0n) is 8.52. The molecule has 0 radical (unpaired) electrons. The Hall–Kier alpha value is -0.540. The highest BCUT2D eigenvalue weighted by Gasteiger charge is 1.95. The second kappa shape index (κ2) is 6.85. The minimum absolute atomic E-state index is 0.961. The highest BCUT2D eigenvalue weighted by atomic mass is 79.9. The number of halogens is 1. The molecular formula is C11H17BrN2. The van der Waals surface area contributed by atoms with E-state index in [4.69, 9.17) is 0 Å². The van der Waals surface area contributed by atoms with Crippen LogP contribution in [0.5, 0.6) is 0 Å². The van der Waals surface area contributed by atoms with Crippen LogP contribution in [-0.2, 0) is 0 Å². The van der Waals surface area contributed by atoms with Crippen molar-refractivity contribution < 1.29 is 0 Å². The van der Waals surface area contributed by atoms with Crippen LogP contribution < -0.4 is 10.6 Å². The summed E-state index contributed by atoms with van der Waals surface area (Å²) >= 11 is 3.50. The Morgan fingerprint density at radius 2 is 1.93 bits per heavy atom. The van der Waals surface area contributed by atoms with Crippen molar-refractivity contribution in [2.75, 3.05) is 25.0 Å². The standard InChI is InChI=1S/C11H17BrN2/c1-2-7-13-8-9-14-11-6-4-3-5-10(11)12/h3-6,13-14H,2,7-9H2,1H3. The van der Waals surface area contributed by atoms with E-state index in [0.29, 0.717) is 0 Å². The normalized spacial score (nSPS) is 10.1. The summed E-state index contributed by atoms with van der Waals surface area (Å²) in [6.07, 6.45) is 1.19. The maximum absolute atomic E-state index is 3.50. The summed E-state index contributed by atoms with van der Waals surface area (Å²) in [7, 11) is 0. The van der Waals surface area contributed by atoms with E-state index in [-0.39, 0.29) is 0 Å². The van der Waals surface area contributed by atoms with Crippen molar-refractivity contribution in [3.05, 3.63) is 28.7 Å². The zero-order chi connectivity index (χ0) is 10.2. The van der Waals surface area contributed by atoms with Gasteiger partial charge >= 0.3 is 0 Å². The van der Waals surface area contributed by atoms with E-state index >= 15 is 0 Å². The fourth-order valence-electron chi connectivity index (χ4n) is 1.19. The molecule has 0 atom stereocenters. The summed E-state index contributed by atoms with van der Waals surface area (Å²) in [4.78, 5) is 0. The molecule has 0 bridgehead atoms. The van der Waals surface area contributed by atoms with Crippen LogP contribution in [0.4, 0.5) is 5.69 Å². The summed E-state index contributed by atoms with van der Waals surface area (Å²) in [5.41, 5.74) is 1.16. The number of rotatable bonds is 6. The van der Waals surface area contributed by atoms with Gasteiger partial charge in [0.05, 0.1) is 0 Å². The first-order valence-corrected chi connectivity index (χ1v) is 5.83. The van der Waals surface area contributed by atoms with Gasteiger partial charge in [0.25, 0.3) is 0 Å². The second-order valence-electron chi connectivity index (χ2n) is 3.16. The van der Waals surface area contributed by atoms with Crippen LogP contribution in [0.25, 0.3) is 0 Å². The molecule has 1 aromatic carbocycles. The lowest BCUT2D eigenvalue weighted by Gasteiger charge is -2.08. The SMILES string of the molecule is CCCNCCNc1ccccc1Br. The van der Waals surface area contributed by atoms with Gasteiger partial charge in [-0.3, -0.25) is 0 Å². The van der Waals surface area contributed by atoms with Gasteiger partial charge in [-0.1, -0.05) is 19.1 Å². The summed E-state index contributed by atoms with van der Waals surface area (Å²) in [5.74, 6) is 0. The molecule has 78 valence electrons. The van der Waals surface area contributed by atoms with Gasteiger partial charge in [-0.2, -0.15) is 0 Å². The number of para-hydroxylation sites is 1. The fourth-order valence-corrected chi connectivity index (χ4v) is 1.62. The predicted octanol–water partition coefficient (Wildman–Crippen LogP) is 2.86. The van der Waals surface area contributed by atoms with Crippen molar-refractivity contribution in [1.29, 1.82) is 0 Å². The van der Waals surface area contributed by atoms with E-state index in [0.717, 1.165) is 29.8 Å². The van der Waals surface area contributed by atoms with Crippen LogP contribution in [0.1, 0.15) is 13.3 Å². The first kappa shape index (κ1) is 11.5. The Morgan fingerprint density at radius 3 is 2.64 bits per heavy atom. The number of anilines is 1. The van der Waals surface area contributed by atoms with E-state index in [2.05, 4.69) is 39.6 Å². The Kier molecular flexibility index (Phi) is 5.64. The smallest absolute Gasteiger partial charge is 0.0485 e. The average molecular weight is 257 g/mol. The second-order valence-corrected chi connectivity index (χ2v) is 4.01. The predicted molar refractivity (Wildman–Crippen MR) is 65.8 cm³/mol. The van der Waals surface area contributed by atoms with Crippen molar-refractivity contribution in [3.63, 3.8) is 0 Å². The summed E-state index contributed by atoms with van der Waals surface area (Å²) < 4.78 is 1.12. The van der Waals surface area contributed by atoms with Crippen LogP contribution in [0, 0.1) is 0 Å². The molecule has 3 heteroatoms. The molecule has 2 nitrogen and oxygen atoms in total. The minimum Gasteiger partial charge on any atom is -0.383 e. The van der Waals surface area contributed by atoms with Crippen molar-refractivity contribution in [2.24, 2.45) is 0 Å². The molecule has 0 aliphatic rings. The van der Waals surface area contributed by atoms with Gasteiger partial charge in [0.15, 0.2) is 0 Å². The molecule has 0 unspecified atom stereocenters. The lowest BCUT2D eigenvalue weighted by molar-refractivity contribution is 0.688. The third kappa shape index (κ3) is 4.11. The van der Waals surface area contributed by atoms with Gasteiger partial charge in [0, 0.05) is 23.2 Å². The molecule has 0 aliphatic heterocycles. The van der Waals surface area contributed by atoms with Crippen LogP contribution >= 0.6 is 15.9 Å². The molecular weight excluding hydrogens is 240 g/mol. The van der Waals surface area contributed by atoms with Gasteiger partial charge in [-0.05, 0) is 41.0 Å². The average Bonchev–Trinajstić information content (AvgIpc) is 2.20. The summed E-state index contributed by atoms with van der Waals surface area (Å²) in [6.45, 7) is 5.24. The fraction of sp³-hybridized carbons (Fsp3) is 0.455. The molecule has 2 N–H and O–H groups in total. The number of nitrogens with one attached hydrogen (secondary N) is 2. The largest absolute Gasteiger partial charge is 0.383 e. The molecule has 0 fully saturated rings. The maximum atomic E-state index is 3.50. The van der Waals surface area contributed by atoms with E-state index < -0.39 is 0 Å². The number of hydrogen-bond acceptors (Lipinski definition) is 2. The topological polar surface area (TPSA) is 24.1 Å². The summed E-state index contributed by atoms with van der Waals surface area (Å²) in [6, 6.07) is 8.17. The molecule has 0 saturated carbocycles. The molecule has 0 saturated heterocycles. The zero-order valence-corrected chi connectivity index (χ0v) is 10.1. The first-order chi connectivity index (χ1) is 6.84. The third-order valence-electron chi connectivity index (χ3n) is 1.92. The summed E-state index contributed by atoms with van der Waals surface area (Å²) in [5, 5.41) is 6.71. The highest BCUT2D eigenvalue weighted by molar-refractivity contribution is 9.10. The van der Waals surface area contributed by atoms with E-state index in [1.165, 1.54) is 6.42 Å². The molecule has 0 aromatic heterocycles. The molecule has 1 rings (SSSR count). The van der Waals surface area contributed by atoms with Gasteiger partial charge < -0.3 is 10.6 Å². The van der Waals surface area contributed by atoms with E-state index in [9.17, 15) is 0 Å². The van der Waals surface area contributed by atoms with Crippen LogP contribution in [0.3, 0.4) is 0 Å². The Morgan fingerprint density at radius 1 is 1.14 bits per heavy atom. The van der Waals surface area contributed by atoms with Crippen LogP contribution in [0.15, 0.2) is 28.7 Å². The third-order valence-corrected chi connectivity index (χ3v) is 2.61. The molecule has 0 aliphatic carbocycles. The molecule has 14 heavy (non-hydrogen) atoms. The Bertz CT molecular complexity index is 263. The first-order valence-electron chi connectivity index (χ1n) is 5.03.